The Labute approximate surface area is 242 Å². The highest BCUT2D eigenvalue weighted by atomic mass is 19.1. The molecule has 4 rings (SSSR count). The Morgan fingerprint density at radius 3 is 2.64 bits per heavy atom. The zero-order valence-corrected chi connectivity index (χ0v) is 23.9. The van der Waals surface area contributed by atoms with E-state index in [-0.39, 0.29) is 49.3 Å². The van der Waals surface area contributed by atoms with Gasteiger partial charge in [0, 0.05) is 31.9 Å². The number of halogens is 2. The van der Waals surface area contributed by atoms with Crippen molar-refractivity contribution in [2.75, 3.05) is 5.32 Å². The standard InChI is InChI=1S/C29H37F2N7O4/c1-29(2,42)24-9-8-20(15-32-24)16-33-27(40)23-18-38(36-35-23)17-21(30)10-12-37-13-11-22(26(31)28(37)41)34-25(39)14-19-6-4-3-5-7-19/h8-9,11,13,15,18-19,21,42H,3-7,10,12,14,16-17H2,1-2H3,(H,33,40)(H,34,39). The van der Waals surface area contributed by atoms with Gasteiger partial charge in [-0.15, -0.1) is 5.10 Å². The van der Waals surface area contributed by atoms with Crippen LogP contribution in [0.5, 0.6) is 0 Å². The molecule has 1 fully saturated rings. The summed E-state index contributed by atoms with van der Waals surface area (Å²) in [5.41, 5.74) is -0.969. The van der Waals surface area contributed by atoms with Gasteiger partial charge in [0.2, 0.25) is 11.7 Å². The zero-order valence-electron chi connectivity index (χ0n) is 23.9. The highest BCUT2D eigenvalue weighted by molar-refractivity contribution is 5.92. The maximum atomic E-state index is 14.7. The summed E-state index contributed by atoms with van der Waals surface area (Å²) in [5.74, 6) is -1.63. The third-order valence-electron chi connectivity index (χ3n) is 7.32. The molecule has 0 saturated heterocycles. The topological polar surface area (TPSA) is 144 Å². The van der Waals surface area contributed by atoms with Gasteiger partial charge >= 0.3 is 0 Å². The van der Waals surface area contributed by atoms with E-state index in [0.717, 1.165) is 30.3 Å². The fraction of sp³-hybridized carbons (Fsp3) is 0.517. The Morgan fingerprint density at radius 2 is 1.95 bits per heavy atom. The molecule has 42 heavy (non-hydrogen) atoms. The molecule has 11 nitrogen and oxygen atoms in total. The minimum absolute atomic E-state index is 0.00249. The number of nitrogens with one attached hydrogen (secondary N) is 2. The average Bonchev–Trinajstić information content (AvgIpc) is 3.42. The Kier molecular flexibility index (Phi) is 10.2. The van der Waals surface area contributed by atoms with E-state index in [0.29, 0.717) is 17.7 Å². The summed E-state index contributed by atoms with van der Waals surface area (Å²) in [4.78, 5) is 41.4. The molecule has 0 radical (unpaired) electrons. The summed E-state index contributed by atoms with van der Waals surface area (Å²) in [7, 11) is 0. The van der Waals surface area contributed by atoms with Gasteiger partial charge in [0.15, 0.2) is 5.69 Å². The van der Waals surface area contributed by atoms with Crippen LogP contribution in [0, 0.1) is 11.7 Å². The second-order valence-electron chi connectivity index (χ2n) is 11.3. The van der Waals surface area contributed by atoms with Crippen molar-refractivity contribution < 1.29 is 23.5 Å². The van der Waals surface area contributed by atoms with Gasteiger partial charge < -0.3 is 20.3 Å². The summed E-state index contributed by atoms with van der Waals surface area (Å²) in [6.45, 7) is 3.12. The lowest BCUT2D eigenvalue weighted by Gasteiger charge is -2.20. The number of aromatic nitrogens is 5. The van der Waals surface area contributed by atoms with E-state index in [2.05, 4.69) is 25.9 Å². The molecule has 3 aromatic rings. The molecule has 1 atom stereocenters. The third-order valence-corrected chi connectivity index (χ3v) is 7.32. The van der Waals surface area contributed by atoms with Crippen molar-refractivity contribution in [2.24, 2.45) is 5.92 Å². The molecular weight excluding hydrogens is 548 g/mol. The predicted octanol–water partition coefficient (Wildman–Crippen LogP) is 3.47. The Hall–Kier alpha value is -4.00. The summed E-state index contributed by atoms with van der Waals surface area (Å²) in [6.07, 6.45) is 8.23. The first-order chi connectivity index (χ1) is 20.0. The smallest absolute Gasteiger partial charge is 0.288 e. The Balaban J connectivity index is 1.23. The van der Waals surface area contributed by atoms with Gasteiger partial charge in [0.05, 0.1) is 24.1 Å². The molecule has 0 aliphatic heterocycles. The number of pyridine rings is 2. The van der Waals surface area contributed by atoms with Crippen molar-refractivity contribution in [1.82, 2.24) is 29.9 Å². The first-order valence-corrected chi connectivity index (χ1v) is 14.2. The molecular formula is C29H37F2N7O4. The first kappa shape index (κ1) is 30.9. The van der Waals surface area contributed by atoms with Gasteiger partial charge in [-0.05, 0) is 56.7 Å². The van der Waals surface area contributed by atoms with E-state index in [4.69, 9.17) is 0 Å². The fourth-order valence-corrected chi connectivity index (χ4v) is 4.90. The summed E-state index contributed by atoms with van der Waals surface area (Å²) >= 11 is 0. The quantitative estimate of drug-likeness (QED) is 0.295. The summed E-state index contributed by atoms with van der Waals surface area (Å²) in [5, 5.41) is 22.7. The van der Waals surface area contributed by atoms with Crippen molar-refractivity contribution in [2.45, 2.75) is 90.2 Å². The number of hydrogen-bond donors (Lipinski definition) is 3. The number of hydrogen-bond acceptors (Lipinski definition) is 7. The van der Waals surface area contributed by atoms with Gasteiger partial charge in [-0.25, -0.2) is 9.07 Å². The van der Waals surface area contributed by atoms with Crippen molar-refractivity contribution in [3.8, 4) is 0 Å². The van der Waals surface area contributed by atoms with E-state index in [1.807, 2.05) is 0 Å². The SMILES string of the molecule is CC(C)(O)c1ccc(CNC(=O)c2cn(CC(F)CCn3ccc(NC(=O)CC4CCCCC4)c(F)c3=O)nn2)cn1. The van der Waals surface area contributed by atoms with Crippen LogP contribution in [0.3, 0.4) is 0 Å². The van der Waals surface area contributed by atoms with Crippen molar-refractivity contribution in [1.29, 1.82) is 0 Å². The molecule has 3 heterocycles. The van der Waals surface area contributed by atoms with Crippen LogP contribution in [0.15, 0.2) is 41.6 Å². The molecule has 1 aliphatic rings. The first-order valence-electron chi connectivity index (χ1n) is 14.2. The minimum Gasteiger partial charge on any atom is -0.384 e. The van der Waals surface area contributed by atoms with Crippen LogP contribution in [-0.2, 0) is 30.0 Å². The second kappa shape index (κ2) is 13.8. The van der Waals surface area contributed by atoms with Crippen LogP contribution in [0.2, 0.25) is 0 Å². The second-order valence-corrected chi connectivity index (χ2v) is 11.3. The normalized spacial score (nSPS) is 14.9. The van der Waals surface area contributed by atoms with E-state index in [1.165, 1.54) is 29.6 Å². The lowest BCUT2D eigenvalue weighted by atomic mass is 9.87. The van der Waals surface area contributed by atoms with Crippen LogP contribution in [0.1, 0.15) is 80.5 Å². The number of carbonyl (C=O) groups is 2. The monoisotopic (exact) mass is 585 g/mol. The third kappa shape index (κ3) is 8.51. The van der Waals surface area contributed by atoms with Crippen LogP contribution < -0.4 is 16.2 Å². The van der Waals surface area contributed by atoms with E-state index >= 15 is 0 Å². The van der Waals surface area contributed by atoms with Crippen molar-refractivity contribution >= 4 is 17.5 Å². The van der Waals surface area contributed by atoms with Gasteiger partial charge in [-0.2, -0.15) is 4.39 Å². The van der Waals surface area contributed by atoms with Gasteiger partial charge in [-0.1, -0.05) is 30.5 Å². The molecule has 2 amide bonds. The summed E-state index contributed by atoms with van der Waals surface area (Å²) in [6, 6.07) is 4.72. The number of alkyl halides is 1. The fourth-order valence-electron chi connectivity index (χ4n) is 4.90. The minimum atomic E-state index is -1.45. The molecule has 1 unspecified atom stereocenters. The van der Waals surface area contributed by atoms with Crippen LogP contribution in [0.4, 0.5) is 14.5 Å². The van der Waals surface area contributed by atoms with Crippen molar-refractivity contribution in [3.05, 3.63) is 69.9 Å². The van der Waals surface area contributed by atoms with Crippen molar-refractivity contribution in [3.63, 3.8) is 0 Å². The maximum Gasteiger partial charge on any atom is 0.288 e. The number of amides is 2. The van der Waals surface area contributed by atoms with Crippen LogP contribution in [0.25, 0.3) is 0 Å². The molecule has 0 bridgehead atoms. The van der Waals surface area contributed by atoms with E-state index in [1.54, 1.807) is 32.2 Å². The highest BCUT2D eigenvalue weighted by Gasteiger charge is 2.20. The molecule has 3 N–H and O–H groups in total. The number of rotatable bonds is 12. The number of nitrogens with zero attached hydrogens (tertiary/aromatic N) is 5. The molecule has 0 spiro atoms. The average molecular weight is 586 g/mol. The molecule has 3 aromatic heterocycles. The van der Waals surface area contributed by atoms with Gasteiger partial charge in [-0.3, -0.25) is 19.4 Å². The van der Waals surface area contributed by atoms with E-state index in [9.17, 15) is 28.3 Å². The molecule has 1 saturated carbocycles. The van der Waals surface area contributed by atoms with Crippen LogP contribution in [-0.4, -0.2) is 47.6 Å². The maximum absolute atomic E-state index is 14.7. The van der Waals surface area contributed by atoms with E-state index < -0.39 is 29.1 Å². The number of anilines is 1. The number of aliphatic hydroxyl groups is 1. The molecule has 13 heteroatoms. The lowest BCUT2D eigenvalue weighted by Crippen LogP contribution is -2.27. The zero-order chi connectivity index (χ0) is 30.3. The van der Waals surface area contributed by atoms with Gasteiger partial charge in [0.1, 0.15) is 11.8 Å². The molecule has 226 valence electrons. The largest absolute Gasteiger partial charge is 0.384 e. The molecule has 1 aliphatic carbocycles. The predicted molar refractivity (Wildman–Crippen MR) is 151 cm³/mol. The molecule has 0 aromatic carbocycles. The number of carbonyl (C=O) groups excluding carboxylic acids is 2. The Bertz CT molecular complexity index is 1430. The Morgan fingerprint density at radius 1 is 1.19 bits per heavy atom. The lowest BCUT2D eigenvalue weighted by molar-refractivity contribution is -0.117. The van der Waals surface area contributed by atoms with Crippen LogP contribution >= 0.6 is 0 Å². The highest BCUT2D eigenvalue weighted by Crippen LogP contribution is 2.26. The summed E-state index contributed by atoms with van der Waals surface area (Å²) < 4.78 is 31.6. The van der Waals surface area contributed by atoms with Gasteiger partial charge in [0.25, 0.3) is 11.5 Å². The number of aryl methyl sites for hydroxylation is 1.